The zero-order valence-corrected chi connectivity index (χ0v) is 29.5. The standard InChI is InChI=1S/C47H33BN4/c1-26-13-9-14-27(2)40(26)47-49-42-45-33(31-18-6-8-22-37(31)51(45)43-28(3)15-10-16-29(43)4)25-35-46(42)52(47)39-24-12-23-38-41(39)48(35)34-20-11-19-32-30-17-5-7-21-36(30)50(38)44(32)34/h5-25H,1-4H3. The van der Waals surface area contributed by atoms with E-state index in [1.54, 1.807) is 0 Å². The Hall–Kier alpha value is -6.33. The number of hydrogen-bond acceptors (Lipinski definition) is 1. The second-order valence-corrected chi connectivity index (χ2v) is 14.9. The molecule has 4 nitrogen and oxygen atoms in total. The molecule has 7 aromatic carbocycles. The van der Waals surface area contributed by atoms with E-state index in [0.29, 0.717) is 0 Å². The maximum absolute atomic E-state index is 5.83. The van der Waals surface area contributed by atoms with Crippen molar-refractivity contribution in [1.82, 2.24) is 18.7 Å². The molecule has 12 rings (SSSR count). The Morgan fingerprint density at radius 3 is 1.77 bits per heavy atom. The molecule has 2 aliphatic rings. The number of benzene rings is 7. The number of aromatic nitrogens is 4. The average Bonchev–Trinajstić information content (AvgIpc) is 3.81. The zero-order valence-electron chi connectivity index (χ0n) is 29.5. The van der Waals surface area contributed by atoms with Gasteiger partial charge in [0, 0.05) is 44.0 Å². The molecule has 0 spiro atoms. The lowest BCUT2D eigenvalue weighted by atomic mass is 9.34. The molecule has 0 saturated carbocycles. The van der Waals surface area contributed by atoms with Crippen LogP contribution in [0.15, 0.2) is 127 Å². The normalized spacial score (nSPS) is 13.0. The van der Waals surface area contributed by atoms with Gasteiger partial charge < -0.3 is 9.13 Å². The lowest BCUT2D eigenvalue weighted by Gasteiger charge is -2.33. The molecule has 5 heteroatoms. The van der Waals surface area contributed by atoms with E-state index in [9.17, 15) is 0 Å². The molecule has 0 amide bonds. The van der Waals surface area contributed by atoms with Crippen molar-refractivity contribution in [2.24, 2.45) is 0 Å². The van der Waals surface area contributed by atoms with Gasteiger partial charge >= 0.3 is 0 Å². The van der Waals surface area contributed by atoms with Crippen molar-refractivity contribution < 1.29 is 0 Å². The summed E-state index contributed by atoms with van der Waals surface area (Å²) in [5, 5.41) is 5.11. The first-order valence-corrected chi connectivity index (χ1v) is 18.3. The minimum atomic E-state index is 0.0518. The summed E-state index contributed by atoms with van der Waals surface area (Å²) in [7, 11) is 0. The summed E-state index contributed by atoms with van der Waals surface area (Å²) >= 11 is 0. The molecule has 2 aliphatic heterocycles. The van der Waals surface area contributed by atoms with Crippen molar-refractivity contribution in [3.8, 4) is 28.5 Å². The fraction of sp³-hybridized carbons (Fsp3) is 0.0851. The van der Waals surface area contributed by atoms with E-state index in [-0.39, 0.29) is 6.71 Å². The molecule has 244 valence electrons. The van der Waals surface area contributed by atoms with Crippen LogP contribution in [0.3, 0.4) is 0 Å². The van der Waals surface area contributed by atoms with Crippen LogP contribution in [0.4, 0.5) is 0 Å². The minimum absolute atomic E-state index is 0.0518. The van der Waals surface area contributed by atoms with Crippen LogP contribution in [0.1, 0.15) is 22.3 Å². The molecular formula is C47H33BN4. The van der Waals surface area contributed by atoms with Gasteiger partial charge in [-0.05, 0) is 90.6 Å². The van der Waals surface area contributed by atoms with Gasteiger partial charge in [-0.15, -0.1) is 0 Å². The highest BCUT2D eigenvalue weighted by Crippen LogP contribution is 2.43. The van der Waals surface area contributed by atoms with E-state index in [4.69, 9.17) is 4.98 Å². The molecule has 5 heterocycles. The first-order valence-electron chi connectivity index (χ1n) is 18.3. The highest BCUT2D eigenvalue weighted by atomic mass is 15.1. The maximum atomic E-state index is 5.83. The van der Waals surface area contributed by atoms with Crippen LogP contribution in [-0.2, 0) is 0 Å². The Kier molecular flexibility index (Phi) is 5.30. The van der Waals surface area contributed by atoms with Gasteiger partial charge in [-0.25, -0.2) is 4.98 Å². The summed E-state index contributed by atoms with van der Waals surface area (Å²) < 4.78 is 7.54. The molecule has 0 atom stereocenters. The van der Waals surface area contributed by atoms with E-state index < -0.39 is 0 Å². The third-order valence-electron chi connectivity index (χ3n) is 12.1. The maximum Gasteiger partial charge on any atom is 0.252 e. The predicted molar refractivity (Wildman–Crippen MR) is 219 cm³/mol. The smallest absolute Gasteiger partial charge is 0.252 e. The number of fused-ring (bicyclic) bond motifs is 11. The van der Waals surface area contributed by atoms with Gasteiger partial charge in [0.15, 0.2) is 0 Å². The molecule has 0 aliphatic carbocycles. The van der Waals surface area contributed by atoms with Crippen molar-refractivity contribution in [3.05, 3.63) is 150 Å². The summed E-state index contributed by atoms with van der Waals surface area (Å²) in [4.78, 5) is 5.83. The average molecular weight is 665 g/mol. The molecule has 0 fully saturated rings. The summed E-state index contributed by atoms with van der Waals surface area (Å²) in [6, 6.07) is 47.4. The van der Waals surface area contributed by atoms with Gasteiger partial charge in [-0.1, -0.05) is 103 Å². The lowest BCUT2D eigenvalue weighted by molar-refractivity contribution is 1.08. The highest BCUT2D eigenvalue weighted by molar-refractivity contribution is 7.00. The van der Waals surface area contributed by atoms with Crippen molar-refractivity contribution in [2.75, 3.05) is 0 Å². The highest BCUT2D eigenvalue weighted by Gasteiger charge is 2.42. The second kappa shape index (κ2) is 9.71. The van der Waals surface area contributed by atoms with Crippen LogP contribution >= 0.6 is 0 Å². The van der Waals surface area contributed by atoms with E-state index in [0.717, 1.165) is 11.3 Å². The summed E-state index contributed by atoms with van der Waals surface area (Å²) in [6.07, 6.45) is 0. The monoisotopic (exact) mass is 664 g/mol. The van der Waals surface area contributed by atoms with Crippen LogP contribution in [0, 0.1) is 27.7 Å². The molecule has 0 radical (unpaired) electrons. The first kappa shape index (κ1) is 28.4. The van der Waals surface area contributed by atoms with E-state index in [2.05, 4.69) is 169 Å². The molecule has 10 aromatic rings. The fourth-order valence-corrected chi connectivity index (χ4v) is 10.1. The van der Waals surface area contributed by atoms with Crippen LogP contribution < -0.4 is 16.4 Å². The second-order valence-electron chi connectivity index (χ2n) is 14.9. The molecule has 0 saturated heterocycles. The number of imidazole rings is 1. The molecule has 0 N–H and O–H groups in total. The molecule has 0 unspecified atom stereocenters. The van der Waals surface area contributed by atoms with Crippen LogP contribution in [-0.4, -0.2) is 25.4 Å². The molecule has 0 bridgehead atoms. The first-order chi connectivity index (χ1) is 25.5. The van der Waals surface area contributed by atoms with E-state index in [1.807, 2.05) is 0 Å². The van der Waals surface area contributed by atoms with Crippen molar-refractivity contribution in [2.45, 2.75) is 27.7 Å². The quantitative estimate of drug-likeness (QED) is 0.169. The summed E-state index contributed by atoms with van der Waals surface area (Å²) in [6.45, 7) is 8.97. The van der Waals surface area contributed by atoms with Crippen LogP contribution in [0.25, 0.3) is 83.1 Å². The Morgan fingerprint density at radius 2 is 1.04 bits per heavy atom. The third-order valence-corrected chi connectivity index (χ3v) is 12.1. The number of hydrogen-bond donors (Lipinski definition) is 0. The van der Waals surface area contributed by atoms with E-state index in [1.165, 1.54) is 110 Å². The molecule has 3 aromatic heterocycles. The van der Waals surface area contributed by atoms with Gasteiger partial charge in [0.1, 0.15) is 11.3 Å². The van der Waals surface area contributed by atoms with Gasteiger partial charge in [0.2, 0.25) is 0 Å². The number of para-hydroxylation sites is 4. The van der Waals surface area contributed by atoms with Crippen LogP contribution in [0.5, 0.6) is 0 Å². The summed E-state index contributed by atoms with van der Waals surface area (Å²) in [5.41, 5.74) is 21.1. The Morgan fingerprint density at radius 1 is 0.462 bits per heavy atom. The molecule has 52 heavy (non-hydrogen) atoms. The minimum Gasteiger partial charge on any atom is -0.310 e. The zero-order chi connectivity index (χ0) is 34.6. The van der Waals surface area contributed by atoms with E-state index >= 15 is 0 Å². The Labute approximate surface area is 301 Å². The van der Waals surface area contributed by atoms with Gasteiger partial charge in [-0.2, -0.15) is 0 Å². The Balaban J connectivity index is 1.35. The predicted octanol–water partition coefficient (Wildman–Crippen LogP) is 9.26. The fourth-order valence-electron chi connectivity index (χ4n) is 10.1. The largest absolute Gasteiger partial charge is 0.310 e. The number of aryl methyl sites for hydroxylation is 4. The van der Waals surface area contributed by atoms with Crippen molar-refractivity contribution >= 4 is 77.7 Å². The SMILES string of the molecule is Cc1cccc(C)c1-c1nc2c3c(cc4c5ccccc5n(-c5c(C)cccc5C)c42)B2c4c(cccc4-n4c5ccccc5c5cccc2c54)-n13. The third kappa shape index (κ3) is 3.28. The lowest BCUT2D eigenvalue weighted by Crippen LogP contribution is -2.59. The van der Waals surface area contributed by atoms with Gasteiger partial charge in [-0.3, -0.25) is 4.57 Å². The number of nitrogens with zero attached hydrogens (tertiary/aromatic N) is 4. The summed E-state index contributed by atoms with van der Waals surface area (Å²) in [5.74, 6) is 1.01. The van der Waals surface area contributed by atoms with Gasteiger partial charge in [0.05, 0.1) is 27.8 Å². The molecular weight excluding hydrogens is 631 g/mol. The van der Waals surface area contributed by atoms with Crippen molar-refractivity contribution in [1.29, 1.82) is 0 Å². The number of rotatable bonds is 2. The van der Waals surface area contributed by atoms with Crippen LogP contribution in [0.2, 0.25) is 0 Å². The van der Waals surface area contributed by atoms with Crippen molar-refractivity contribution in [3.63, 3.8) is 0 Å². The topological polar surface area (TPSA) is 27.7 Å². The van der Waals surface area contributed by atoms with Gasteiger partial charge in [0.25, 0.3) is 6.71 Å². The Bertz CT molecular complexity index is 3200.